The minimum Gasteiger partial charge on any atom is -0.357 e. The Balaban J connectivity index is 1.82. The summed E-state index contributed by atoms with van der Waals surface area (Å²) in [5.41, 5.74) is 1.44. The zero-order valence-corrected chi connectivity index (χ0v) is 15.5. The van der Waals surface area contributed by atoms with E-state index in [1.807, 2.05) is 30.5 Å². The molecule has 2 heterocycles. The van der Waals surface area contributed by atoms with Crippen LogP contribution in [0.1, 0.15) is 22.8 Å². The van der Waals surface area contributed by atoms with E-state index in [4.69, 9.17) is 0 Å². The van der Waals surface area contributed by atoms with Gasteiger partial charge in [-0.25, -0.2) is 0 Å². The first-order chi connectivity index (χ1) is 13.0. The molecule has 0 unspecified atom stereocenters. The predicted octanol–water partition coefficient (Wildman–Crippen LogP) is 0.350. The summed E-state index contributed by atoms with van der Waals surface area (Å²) in [7, 11) is 1.53. The molecule has 8 nitrogen and oxygen atoms in total. The van der Waals surface area contributed by atoms with Crippen LogP contribution >= 0.6 is 0 Å². The average Bonchev–Trinajstić information content (AvgIpc) is 3.19. The first-order valence-electron chi connectivity index (χ1n) is 8.84. The Labute approximate surface area is 157 Å². The number of hydrogen-bond acceptors (Lipinski definition) is 4. The van der Waals surface area contributed by atoms with Gasteiger partial charge in [0.05, 0.1) is 13.1 Å². The second kappa shape index (κ2) is 8.03. The molecule has 2 aromatic rings. The van der Waals surface area contributed by atoms with E-state index in [0.29, 0.717) is 25.2 Å². The number of nitrogens with zero attached hydrogens (tertiary/aromatic N) is 4. The predicted molar refractivity (Wildman–Crippen MR) is 98.9 cm³/mol. The molecule has 0 radical (unpaired) electrons. The maximum absolute atomic E-state index is 13.1. The van der Waals surface area contributed by atoms with Crippen molar-refractivity contribution < 1.29 is 14.4 Å². The van der Waals surface area contributed by atoms with Crippen LogP contribution in [-0.4, -0.2) is 70.0 Å². The summed E-state index contributed by atoms with van der Waals surface area (Å²) in [6.07, 6.45) is 3.54. The number of benzene rings is 1. The third kappa shape index (κ3) is 3.99. The fourth-order valence-electron chi connectivity index (χ4n) is 3.34. The van der Waals surface area contributed by atoms with Crippen molar-refractivity contribution in [2.75, 3.05) is 26.7 Å². The van der Waals surface area contributed by atoms with Gasteiger partial charge in [0.1, 0.15) is 6.04 Å². The molecule has 1 aromatic heterocycles. The van der Waals surface area contributed by atoms with Crippen LogP contribution in [0.3, 0.4) is 0 Å². The van der Waals surface area contributed by atoms with Gasteiger partial charge in [-0.05, 0) is 17.7 Å². The number of carbonyl (C=O) groups excluding carboxylic acids is 3. The third-order valence-electron chi connectivity index (χ3n) is 4.76. The summed E-state index contributed by atoms with van der Waals surface area (Å²) in [5, 5.41) is 6.77. The van der Waals surface area contributed by atoms with Crippen LogP contribution in [0.15, 0.2) is 42.7 Å². The van der Waals surface area contributed by atoms with Gasteiger partial charge >= 0.3 is 0 Å². The van der Waals surface area contributed by atoms with Gasteiger partial charge in [0.15, 0.2) is 0 Å². The van der Waals surface area contributed by atoms with Gasteiger partial charge in [0, 0.05) is 45.0 Å². The Kier molecular flexibility index (Phi) is 5.54. The maximum atomic E-state index is 13.1. The monoisotopic (exact) mass is 369 g/mol. The van der Waals surface area contributed by atoms with Gasteiger partial charge in [0.2, 0.25) is 11.8 Å². The quantitative estimate of drug-likeness (QED) is 0.842. The summed E-state index contributed by atoms with van der Waals surface area (Å²) in [6.45, 7) is 2.82. The molecule has 3 rings (SSSR count). The van der Waals surface area contributed by atoms with Gasteiger partial charge in [0.25, 0.3) is 5.91 Å². The number of carbonyl (C=O) groups is 3. The minimum atomic E-state index is -0.677. The molecule has 1 aliphatic rings. The molecule has 3 amide bonds. The van der Waals surface area contributed by atoms with Crippen molar-refractivity contribution in [1.29, 1.82) is 0 Å². The highest BCUT2D eigenvalue weighted by Gasteiger charge is 2.35. The van der Waals surface area contributed by atoms with Crippen molar-refractivity contribution in [3.8, 4) is 0 Å². The number of likely N-dealkylation sites (N-methyl/N-ethyl adjacent to an activating group) is 1. The van der Waals surface area contributed by atoms with Crippen molar-refractivity contribution in [3.63, 3.8) is 0 Å². The molecular weight excluding hydrogens is 346 g/mol. The van der Waals surface area contributed by atoms with Crippen LogP contribution in [0.5, 0.6) is 0 Å². The van der Waals surface area contributed by atoms with Crippen LogP contribution in [0.2, 0.25) is 0 Å². The second-order valence-electron chi connectivity index (χ2n) is 6.45. The topological polar surface area (TPSA) is 87.5 Å². The third-order valence-corrected chi connectivity index (χ3v) is 4.76. The normalized spacial score (nSPS) is 16.9. The summed E-state index contributed by atoms with van der Waals surface area (Å²) in [4.78, 5) is 40.3. The fraction of sp³-hybridized carbons (Fsp3) is 0.368. The molecule has 1 N–H and O–H groups in total. The lowest BCUT2D eigenvalue weighted by atomic mass is 10.0. The van der Waals surface area contributed by atoms with Gasteiger partial charge in [-0.15, -0.1) is 0 Å². The summed E-state index contributed by atoms with van der Waals surface area (Å²) >= 11 is 0. The smallest absolute Gasteiger partial charge is 0.254 e. The SMILES string of the molecule is CNC(=O)[C@@H]1CN(C(=O)c2ccccc2Cn2cccn2)CCN1C(C)=O. The molecule has 1 atom stereocenters. The number of nitrogens with one attached hydrogen (secondary N) is 1. The van der Waals surface area contributed by atoms with E-state index in [1.54, 1.807) is 21.8 Å². The van der Waals surface area contributed by atoms with E-state index < -0.39 is 6.04 Å². The van der Waals surface area contributed by atoms with Crippen LogP contribution in [0.4, 0.5) is 0 Å². The Morgan fingerprint density at radius 3 is 2.63 bits per heavy atom. The maximum Gasteiger partial charge on any atom is 0.254 e. The van der Waals surface area contributed by atoms with Crippen molar-refractivity contribution in [3.05, 3.63) is 53.9 Å². The van der Waals surface area contributed by atoms with Crippen molar-refractivity contribution in [2.24, 2.45) is 0 Å². The molecule has 1 fully saturated rings. The summed E-state index contributed by atoms with van der Waals surface area (Å²) in [6, 6.07) is 8.55. The molecule has 1 saturated heterocycles. The van der Waals surface area contributed by atoms with E-state index in [9.17, 15) is 14.4 Å². The molecule has 0 spiro atoms. The number of rotatable bonds is 4. The van der Waals surface area contributed by atoms with E-state index in [2.05, 4.69) is 10.4 Å². The molecule has 142 valence electrons. The number of piperazine rings is 1. The largest absolute Gasteiger partial charge is 0.357 e. The average molecular weight is 369 g/mol. The summed E-state index contributed by atoms with van der Waals surface area (Å²) < 4.78 is 1.76. The number of amides is 3. The highest BCUT2D eigenvalue weighted by molar-refractivity contribution is 5.97. The minimum absolute atomic E-state index is 0.144. The van der Waals surface area contributed by atoms with Gasteiger partial charge in [-0.3, -0.25) is 19.1 Å². The van der Waals surface area contributed by atoms with E-state index in [1.165, 1.54) is 18.9 Å². The highest BCUT2D eigenvalue weighted by Crippen LogP contribution is 2.17. The van der Waals surface area contributed by atoms with Crippen LogP contribution < -0.4 is 5.32 Å². The number of hydrogen-bond donors (Lipinski definition) is 1. The Hall–Kier alpha value is -3.16. The molecule has 0 aliphatic carbocycles. The van der Waals surface area contributed by atoms with Crippen LogP contribution in [0.25, 0.3) is 0 Å². The Morgan fingerprint density at radius 1 is 1.19 bits per heavy atom. The molecule has 27 heavy (non-hydrogen) atoms. The van der Waals surface area contributed by atoms with Crippen molar-refractivity contribution in [1.82, 2.24) is 24.9 Å². The molecule has 0 bridgehead atoms. The molecule has 1 aromatic carbocycles. The molecule has 8 heteroatoms. The first-order valence-corrected chi connectivity index (χ1v) is 8.84. The zero-order valence-electron chi connectivity index (χ0n) is 15.5. The van der Waals surface area contributed by atoms with E-state index >= 15 is 0 Å². The van der Waals surface area contributed by atoms with Crippen LogP contribution in [-0.2, 0) is 16.1 Å². The molecular formula is C19H23N5O3. The van der Waals surface area contributed by atoms with Crippen molar-refractivity contribution >= 4 is 17.7 Å². The zero-order chi connectivity index (χ0) is 19.4. The number of aromatic nitrogens is 2. The van der Waals surface area contributed by atoms with Crippen LogP contribution in [0, 0.1) is 0 Å². The molecule has 0 saturated carbocycles. The lowest BCUT2D eigenvalue weighted by Gasteiger charge is -2.40. The fourth-order valence-corrected chi connectivity index (χ4v) is 3.34. The summed E-state index contributed by atoms with van der Waals surface area (Å²) in [5.74, 6) is -0.586. The van der Waals surface area contributed by atoms with Crippen molar-refractivity contribution in [2.45, 2.75) is 19.5 Å². The van der Waals surface area contributed by atoms with Gasteiger partial charge in [-0.2, -0.15) is 5.10 Å². The first kappa shape index (κ1) is 18.6. The van der Waals surface area contributed by atoms with E-state index in [0.717, 1.165) is 5.56 Å². The lowest BCUT2D eigenvalue weighted by Crippen LogP contribution is -2.60. The standard InChI is InChI=1S/C19H23N5O3/c1-14(25)24-11-10-22(13-17(24)18(26)20-2)19(27)16-7-4-3-6-15(16)12-23-9-5-8-21-23/h3-9,17H,10-13H2,1-2H3,(H,20,26)/t17-/m0/s1. The van der Waals surface area contributed by atoms with Gasteiger partial charge < -0.3 is 15.1 Å². The Morgan fingerprint density at radius 2 is 1.96 bits per heavy atom. The lowest BCUT2D eigenvalue weighted by molar-refractivity contribution is -0.141. The van der Waals surface area contributed by atoms with E-state index in [-0.39, 0.29) is 24.3 Å². The highest BCUT2D eigenvalue weighted by atomic mass is 16.2. The molecule has 1 aliphatic heterocycles. The Bertz CT molecular complexity index is 834. The second-order valence-corrected chi connectivity index (χ2v) is 6.45. The van der Waals surface area contributed by atoms with Gasteiger partial charge in [-0.1, -0.05) is 18.2 Å².